The Kier molecular flexibility index (Phi) is 61.0. The van der Waals surface area contributed by atoms with E-state index >= 15 is 0 Å². The maximum Gasteiger partial charge on any atom is 0.425 e. The van der Waals surface area contributed by atoms with Crippen LogP contribution in [0.2, 0.25) is 0 Å². The largest absolute Gasteiger partial charge is 0.481 e. The molecule has 0 aliphatic heterocycles. The van der Waals surface area contributed by atoms with Crippen molar-refractivity contribution in [1.82, 2.24) is 0 Å². The number of carboxylic acids is 3. The number of carboxylic acid groups (broad SMARTS) is 3. The van der Waals surface area contributed by atoms with Gasteiger partial charge in [0.25, 0.3) is 0 Å². The van der Waals surface area contributed by atoms with Crippen LogP contribution in [0, 0.1) is 54.1 Å². The summed E-state index contributed by atoms with van der Waals surface area (Å²) in [6.07, 6.45) is -8.91. The van der Waals surface area contributed by atoms with E-state index in [1.807, 2.05) is 195 Å². The zero-order valence-corrected chi connectivity index (χ0v) is 77.4. The molecule has 3 aromatic carbocycles. The number of alkyl halides is 9. The van der Waals surface area contributed by atoms with Gasteiger partial charge < -0.3 is 53.6 Å². The Bertz CT molecular complexity index is 3110. The van der Waals surface area contributed by atoms with Gasteiger partial charge in [0.05, 0.1) is 60.8 Å². The van der Waals surface area contributed by atoms with E-state index < -0.39 is 112 Å². The molecule has 3 aromatic rings. The SMILES string of the molecule is CCC(C)(C)C(=O)O.CCC(C)(C)C(=O)O.CCC(C)(C)C(=O)O.CCC(C)(C)C(=O)OC(C)C(F)(F)F.CCC(C)(C)C(=O)OCC(F)(F)F.CCC(C)(C)C(=O)OCC(F)(F)F.CCC(C)(C)C(=O)OCCO.CCC(C)(C)C(=O)OCc1ccccc1.CCC(C)(C)C(=O)OCc1ccccc1.CCC(C)(C)C(=O)OCc1ccccc1. The van der Waals surface area contributed by atoms with Gasteiger partial charge in [0.15, 0.2) is 19.3 Å². The summed E-state index contributed by atoms with van der Waals surface area (Å²) in [5.41, 5.74) is -2.66. The van der Waals surface area contributed by atoms with Crippen LogP contribution in [0.15, 0.2) is 91.0 Å². The molecule has 3 rings (SSSR count). The second-order valence-electron chi connectivity index (χ2n) is 34.3. The molecule has 0 saturated heterocycles. The lowest BCUT2D eigenvalue weighted by molar-refractivity contribution is -0.221. The molecule has 30 heteroatoms. The van der Waals surface area contributed by atoms with Crippen molar-refractivity contribution < 1.29 is 141 Å². The highest BCUT2D eigenvalue weighted by Gasteiger charge is 2.42. The maximum atomic E-state index is 12.0. The van der Waals surface area contributed by atoms with Crippen LogP contribution in [0.25, 0.3) is 0 Å². The predicted octanol–water partition coefficient (Wildman–Crippen LogP) is 23.0. The van der Waals surface area contributed by atoms with E-state index in [0.717, 1.165) is 49.3 Å². The standard InChI is InChI=1S/3C13H18O2.C9H15F3O2.2C8H13F3O2.C8H16O3.3C6H12O2/c3*1-4-13(2,3)12(14)15-10-11-8-6-5-7-9-11;1-5-8(3,4)7(13)14-6(2)9(10,11)12;2*1-4-7(2,3)6(12)13-5-8(9,10)11;1-4-8(2,3)7(10)11-6-5-9;3*1-4-6(2,3)5(7)8/h3*5-9H,4,10H2,1-3H3;6H,5H2,1-4H3;2*4-5H2,1-3H3;9H,4-6H2,1-3H3;3*4H2,1-3H3,(H,7,8). The first-order chi connectivity index (χ1) is 54.2. The van der Waals surface area contributed by atoms with E-state index in [4.69, 9.17) is 39.4 Å². The fourth-order valence-corrected chi connectivity index (χ4v) is 5.63. The van der Waals surface area contributed by atoms with E-state index in [9.17, 15) is 87.5 Å². The Morgan fingerprint density at radius 3 is 0.608 bits per heavy atom. The van der Waals surface area contributed by atoms with Gasteiger partial charge in [-0.25, -0.2) is 0 Å². The summed E-state index contributed by atoms with van der Waals surface area (Å²) >= 11 is 0. The van der Waals surface area contributed by atoms with E-state index in [-0.39, 0.29) is 53.3 Å². The molecule has 4 N–H and O–H groups in total. The topological polar surface area (TPSA) is 316 Å². The number of carbonyl (C=O) groups is 10. The maximum absolute atomic E-state index is 12.0. The van der Waals surface area contributed by atoms with Gasteiger partial charge in [-0.05, 0) is 226 Å². The molecule has 0 bridgehead atoms. The van der Waals surface area contributed by atoms with Gasteiger partial charge in [-0.2, -0.15) is 39.5 Å². The summed E-state index contributed by atoms with van der Waals surface area (Å²) in [5, 5.41) is 33.7. The van der Waals surface area contributed by atoms with Gasteiger partial charge in [-0.3, -0.25) is 47.9 Å². The summed E-state index contributed by atoms with van der Waals surface area (Å²) in [6.45, 7) is 52.2. The number of aliphatic hydroxyl groups excluding tert-OH is 1. The summed E-state index contributed by atoms with van der Waals surface area (Å²) in [5.74, 6) is -5.24. The van der Waals surface area contributed by atoms with Crippen molar-refractivity contribution in [3.63, 3.8) is 0 Å². The highest BCUT2D eigenvalue weighted by Crippen LogP contribution is 2.31. The molecular formula is C90H147F9O21. The van der Waals surface area contributed by atoms with Crippen LogP contribution in [0.3, 0.4) is 0 Å². The Morgan fingerprint density at radius 1 is 0.283 bits per heavy atom. The fourth-order valence-electron chi connectivity index (χ4n) is 5.63. The van der Waals surface area contributed by atoms with Crippen molar-refractivity contribution in [3.05, 3.63) is 108 Å². The number of halogens is 9. The van der Waals surface area contributed by atoms with Crippen molar-refractivity contribution in [2.45, 2.75) is 323 Å². The Morgan fingerprint density at radius 2 is 0.458 bits per heavy atom. The molecule has 120 heavy (non-hydrogen) atoms. The third-order valence-corrected chi connectivity index (χ3v) is 19.9. The molecule has 0 amide bonds. The monoisotopic (exact) mass is 1740 g/mol. The van der Waals surface area contributed by atoms with Gasteiger partial charge in [0.1, 0.15) is 26.4 Å². The quantitative estimate of drug-likeness (QED) is 0.0264. The average Bonchev–Trinajstić information content (AvgIpc) is 0.852. The second kappa shape index (κ2) is 58.7. The van der Waals surface area contributed by atoms with Crippen LogP contribution < -0.4 is 0 Å². The first-order valence-corrected chi connectivity index (χ1v) is 40.1. The van der Waals surface area contributed by atoms with Gasteiger partial charge in [0, 0.05) is 0 Å². The number of aliphatic hydroxyl groups is 1. The van der Waals surface area contributed by atoms with Crippen LogP contribution in [0.5, 0.6) is 0 Å². The number of carbonyl (C=O) groups excluding carboxylic acids is 7. The minimum absolute atomic E-state index is 0.0995. The second-order valence-corrected chi connectivity index (χ2v) is 34.3. The van der Waals surface area contributed by atoms with Gasteiger partial charge in [-0.1, -0.05) is 160 Å². The van der Waals surface area contributed by atoms with Crippen LogP contribution in [0.1, 0.15) is 296 Å². The summed E-state index contributed by atoms with van der Waals surface area (Å²) in [7, 11) is 0. The van der Waals surface area contributed by atoms with Gasteiger partial charge >= 0.3 is 78.2 Å². The molecule has 696 valence electrons. The Hall–Kier alpha value is -8.31. The first-order valence-electron chi connectivity index (χ1n) is 40.1. The third kappa shape index (κ3) is 60.2. The molecule has 1 unspecified atom stereocenters. The summed E-state index contributed by atoms with van der Waals surface area (Å²) < 4.78 is 139. The van der Waals surface area contributed by atoms with Gasteiger partial charge in [-0.15, -0.1) is 0 Å². The van der Waals surface area contributed by atoms with Crippen LogP contribution in [0.4, 0.5) is 39.5 Å². The zero-order valence-electron chi connectivity index (χ0n) is 77.4. The molecule has 1 atom stereocenters. The van der Waals surface area contributed by atoms with Crippen molar-refractivity contribution >= 4 is 59.7 Å². The van der Waals surface area contributed by atoms with Crippen molar-refractivity contribution in [2.75, 3.05) is 26.4 Å². The molecule has 0 spiro atoms. The molecule has 0 saturated carbocycles. The molecule has 0 aliphatic rings. The number of aliphatic carboxylic acids is 3. The van der Waals surface area contributed by atoms with Crippen LogP contribution in [-0.2, 0) is 101 Å². The van der Waals surface area contributed by atoms with Crippen molar-refractivity contribution in [2.24, 2.45) is 54.1 Å². The normalized spacial score (nSPS) is 12.0. The Balaban J connectivity index is -0.000000238. The van der Waals surface area contributed by atoms with E-state index in [2.05, 4.69) is 14.2 Å². The van der Waals surface area contributed by atoms with E-state index in [0.29, 0.717) is 58.3 Å². The number of esters is 7. The van der Waals surface area contributed by atoms with Crippen LogP contribution >= 0.6 is 0 Å². The van der Waals surface area contributed by atoms with Crippen molar-refractivity contribution in [3.8, 4) is 0 Å². The lowest BCUT2D eigenvalue weighted by Gasteiger charge is -2.24. The van der Waals surface area contributed by atoms with Crippen LogP contribution in [-0.4, -0.2) is 131 Å². The lowest BCUT2D eigenvalue weighted by atomic mass is 9.90. The van der Waals surface area contributed by atoms with E-state index in [1.165, 1.54) is 0 Å². The molecule has 0 fully saturated rings. The molecule has 0 aliphatic carbocycles. The number of ether oxygens (including phenoxy) is 7. The minimum Gasteiger partial charge on any atom is -0.481 e. The minimum atomic E-state index is -4.49. The van der Waals surface area contributed by atoms with Gasteiger partial charge in [0.2, 0.25) is 0 Å². The molecule has 0 heterocycles. The molecule has 0 aromatic heterocycles. The molecular weight excluding hydrogens is 1590 g/mol. The summed E-state index contributed by atoms with van der Waals surface area (Å²) in [6, 6.07) is 29.2. The van der Waals surface area contributed by atoms with Crippen molar-refractivity contribution in [1.29, 1.82) is 0 Å². The third-order valence-electron chi connectivity index (χ3n) is 19.9. The smallest absolute Gasteiger partial charge is 0.425 e. The Labute approximate surface area is 709 Å². The molecule has 21 nitrogen and oxygen atoms in total. The van der Waals surface area contributed by atoms with E-state index in [1.54, 1.807) is 104 Å². The highest BCUT2D eigenvalue weighted by atomic mass is 19.4. The highest BCUT2D eigenvalue weighted by molar-refractivity contribution is 5.79. The zero-order chi connectivity index (χ0) is 96.2. The number of rotatable bonds is 31. The number of hydrogen-bond donors (Lipinski definition) is 4. The summed E-state index contributed by atoms with van der Waals surface area (Å²) in [4.78, 5) is 110. The number of benzene rings is 3. The first kappa shape index (κ1) is 125. The molecule has 0 radical (unpaired) electrons. The number of hydrogen-bond acceptors (Lipinski definition) is 18. The average molecular weight is 1740 g/mol. The predicted molar refractivity (Wildman–Crippen MR) is 446 cm³/mol. The lowest BCUT2D eigenvalue weighted by Crippen LogP contribution is -2.36. The fraction of sp³-hybridized carbons (Fsp3) is 0.689.